The molecule has 1 rings (SSSR count). The molecule has 1 unspecified atom stereocenters. The average molecular weight is 266 g/mol. The van der Waals surface area contributed by atoms with Crippen LogP contribution in [0.5, 0.6) is 0 Å². The van der Waals surface area contributed by atoms with E-state index in [-0.39, 0.29) is 12.0 Å². The Hall–Kier alpha value is -1.04. The first-order chi connectivity index (χ1) is 8.13. The highest BCUT2D eigenvalue weighted by Crippen LogP contribution is 2.38. The van der Waals surface area contributed by atoms with Gasteiger partial charge in [-0.3, -0.25) is 0 Å². The first-order valence-corrected chi connectivity index (χ1v) is 5.73. The van der Waals surface area contributed by atoms with Gasteiger partial charge in [-0.25, -0.2) is 4.79 Å². The predicted molar refractivity (Wildman–Crippen MR) is 58.7 cm³/mol. The number of alkyl halides is 3. The van der Waals surface area contributed by atoms with Crippen LogP contribution in [0.25, 0.3) is 0 Å². The lowest BCUT2D eigenvalue weighted by Crippen LogP contribution is -2.33. The van der Waals surface area contributed by atoms with E-state index in [2.05, 4.69) is 4.74 Å². The molecule has 0 aromatic carbocycles. The van der Waals surface area contributed by atoms with Crippen LogP contribution in [0, 0.1) is 5.41 Å². The summed E-state index contributed by atoms with van der Waals surface area (Å²) in [5, 5.41) is 9.71. The number of hydrogen-bond acceptors (Lipinski definition) is 3. The fourth-order valence-corrected chi connectivity index (χ4v) is 2.00. The van der Waals surface area contributed by atoms with Gasteiger partial charge in [-0.05, 0) is 30.8 Å². The van der Waals surface area contributed by atoms with E-state index in [1.54, 1.807) is 0 Å². The summed E-state index contributed by atoms with van der Waals surface area (Å²) in [6.45, 7) is 3.42. The van der Waals surface area contributed by atoms with E-state index in [9.17, 15) is 23.1 Å². The highest BCUT2D eigenvalue weighted by molar-refractivity contribution is 5.75. The molecular weight excluding hydrogens is 249 g/mol. The molecule has 1 atom stereocenters. The van der Waals surface area contributed by atoms with Crippen LogP contribution in [0.3, 0.4) is 0 Å². The number of carbonyl (C=O) groups excluding carboxylic acids is 1. The quantitative estimate of drug-likeness (QED) is 0.617. The first kappa shape index (κ1) is 15.0. The Morgan fingerprint density at radius 1 is 1.56 bits per heavy atom. The van der Waals surface area contributed by atoms with Crippen molar-refractivity contribution in [2.75, 3.05) is 6.61 Å². The van der Waals surface area contributed by atoms with Crippen LogP contribution >= 0.6 is 0 Å². The molecule has 1 N–H and O–H groups in total. The van der Waals surface area contributed by atoms with Crippen molar-refractivity contribution in [3.63, 3.8) is 0 Å². The zero-order chi connectivity index (χ0) is 14.0. The van der Waals surface area contributed by atoms with Crippen molar-refractivity contribution in [2.45, 2.75) is 45.4 Å². The van der Waals surface area contributed by atoms with Crippen molar-refractivity contribution < 1.29 is 27.8 Å². The second-order valence-electron chi connectivity index (χ2n) is 5.18. The maximum atomic E-state index is 11.9. The normalized spacial score (nSPS) is 26.1. The van der Waals surface area contributed by atoms with E-state index in [0.29, 0.717) is 19.3 Å². The number of halogens is 3. The van der Waals surface area contributed by atoms with Gasteiger partial charge in [0.05, 0.1) is 6.10 Å². The van der Waals surface area contributed by atoms with Crippen molar-refractivity contribution >= 4 is 5.97 Å². The Labute approximate surface area is 104 Å². The number of rotatable bonds is 2. The Balaban J connectivity index is 2.47. The fraction of sp³-hybridized carbons (Fsp3) is 0.750. The standard InChI is InChI=1S/C12H17F3O3/c1-11(2)7-8(3-4-9(11)16)5-6-18-10(17)12(13,14)15/h5,9,16H,3-4,6-7H2,1-2H3/b8-5+. The Bertz CT molecular complexity index is 345. The van der Waals surface area contributed by atoms with E-state index in [1.807, 2.05) is 13.8 Å². The molecule has 6 heteroatoms. The monoisotopic (exact) mass is 266 g/mol. The topological polar surface area (TPSA) is 46.5 Å². The molecule has 1 aliphatic rings. The van der Waals surface area contributed by atoms with Crippen LogP contribution in [0.1, 0.15) is 33.1 Å². The fourth-order valence-electron chi connectivity index (χ4n) is 2.00. The molecule has 0 bridgehead atoms. The van der Waals surface area contributed by atoms with Crippen LogP contribution in [0.4, 0.5) is 13.2 Å². The van der Waals surface area contributed by atoms with Gasteiger partial charge in [0.15, 0.2) is 0 Å². The van der Waals surface area contributed by atoms with Gasteiger partial charge in [-0.2, -0.15) is 13.2 Å². The van der Waals surface area contributed by atoms with Gasteiger partial charge in [-0.1, -0.05) is 19.4 Å². The van der Waals surface area contributed by atoms with Gasteiger partial charge in [0, 0.05) is 0 Å². The van der Waals surface area contributed by atoms with Crippen molar-refractivity contribution in [1.82, 2.24) is 0 Å². The molecule has 0 aromatic heterocycles. The summed E-state index contributed by atoms with van der Waals surface area (Å²) < 4.78 is 39.7. The summed E-state index contributed by atoms with van der Waals surface area (Å²) in [6.07, 6.45) is -2.07. The summed E-state index contributed by atoms with van der Waals surface area (Å²) in [6, 6.07) is 0. The van der Waals surface area contributed by atoms with Gasteiger partial charge in [0.25, 0.3) is 0 Å². The van der Waals surface area contributed by atoms with Crippen LogP contribution in [0.2, 0.25) is 0 Å². The number of allylic oxidation sites excluding steroid dienone is 1. The second kappa shape index (κ2) is 5.30. The lowest BCUT2D eigenvalue weighted by atomic mass is 9.73. The molecule has 0 radical (unpaired) electrons. The molecule has 0 spiro atoms. The maximum Gasteiger partial charge on any atom is 0.490 e. The summed E-state index contributed by atoms with van der Waals surface area (Å²) in [5.41, 5.74) is 0.623. The Kier molecular flexibility index (Phi) is 4.42. The number of esters is 1. The third kappa shape index (κ3) is 4.01. The van der Waals surface area contributed by atoms with E-state index in [0.717, 1.165) is 5.57 Å². The van der Waals surface area contributed by atoms with Gasteiger partial charge < -0.3 is 9.84 Å². The molecule has 0 aliphatic heterocycles. The average Bonchev–Trinajstić information content (AvgIpc) is 2.21. The van der Waals surface area contributed by atoms with Crippen molar-refractivity contribution in [3.05, 3.63) is 11.6 Å². The predicted octanol–water partition coefficient (Wildman–Crippen LogP) is 2.59. The number of hydrogen-bond donors (Lipinski definition) is 1. The molecular formula is C12H17F3O3. The van der Waals surface area contributed by atoms with Crippen molar-refractivity contribution in [2.24, 2.45) is 5.41 Å². The molecule has 104 valence electrons. The SMILES string of the molecule is CC1(C)C/C(=C/COC(=O)C(F)(F)F)CCC1O. The highest BCUT2D eigenvalue weighted by Gasteiger charge is 2.40. The molecule has 1 aliphatic carbocycles. The molecule has 18 heavy (non-hydrogen) atoms. The van der Waals surface area contributed by atoms with Crippen molar-refractivity contribution in [1.29, 1.82) is 0 Å². The van der Waals surface area contributed by atoms with Gasteiger partial charge in [0.1, 0.15) is 6.61 Å². The largest absolute Gasteiger partial charge is 0.490 e. The summed E-state index contributed by atoms with van der Waals surface area (Å²) in [5.74, 6) is -2.17. The van der Waals surface area contributed by atoms with Crippen molar-refractivity contribution in [3.8, 4) is 0 Å². The third-order valence-electron chi connectivity index (χ3n) is 3.14. The number of aliphatic hydroxyl groups excluding tert-OH is 1. The minimum atomic E-state index is -4.94. The van der Waals surface area contributed by atoms with E-state index >= 15 is 0 Å². The zero-order valence-electron chi connectivity index (χ0n) is 10.4. The lowest BCUT2D eigenvalue weighted by molar-refractivity contribution is -0.198. The van der Waals surface area contributed by atoms with Crippen LogP contribution in [-0.2, 0) is 9.53 Å². The molecule has 3 nitrogen and oxygen atoms in total. The highest BCUT2D eigenvalue weighted by atomic mass is 19.4. The van der Waals surface area contributed by atoms with E-state index < -0.39 is 18.2 Å². The smallest absolute Gasteiger partial charge is 0.455 e. The lowest BCUT2D eigenvalue weighted by Gasteiger charge is -2.36. The van der Waals surface area contributed by atoms with E-state index in [4.69, 9.17) is 0 Å². The maximum absolute atomic E-state index is 11.9. The summed E-state index contributed by atoms with van der Waals surface area (Å²) >= 11 is 0. The Morgan fingerprint density at radius 3 is 2.67 bits per heavy atom. The number of aliphatic hydroxyl groups is 1. The van der Waals surface area contributed by atoms with Gasteiger partial charge >= 0.3 is 12.1 Å². The first-order valence-electron chi connectivity index (χ1n) is 5.73. The molecule has 1 fully saturated rings. The minimum Gasteiger partial charge on any atom is -0.455 e. The Morgan fingerprint density at radius 2 is 2.17 bits per heavy atom. The minimum absolute atomic E-state index is 0.294. The molecule has 0 saturated heterocycles. The molecule has 0 aromatic rings. The van der Waals surface area contributed by atoms with Crippen LogP contribution in [-0.4, -0.2) is 30.0 Å². The number of ether oxygens (including phenoxy) is 1. The van der Waals surface area contributed by atoms with Crippen LogP contribution < -0.4 is 0 Å². The zero-order valence-corrected chi connectivity index (χ0v) is 10.4. The van der Waals surface area contributed by atoms with Gasteiger partial charge in [-0.15, -0.1) is 0 Å². The summed E-state index contributed by atoms with van der Waals surface area (Å²) in [4.78, 5) is 10.5. The third-order valence-corrected chi connectivity index (χ3v) is 3.14. The molecule has 0 amide bonds. The molecule has 1 saturated carbocycles. The number of carbonyl (C=O) groups is 1. The second-order valence-corrected chi connectivity index (χ2v) is 5.18. The summed E-state index contributed by atoms with van der Waals surface area (Å²) in [7, 11) is 0. The van der Waals surface area contributed by atoms with E-state index in [1.165, 1.54) is 6.08 Å². The van der Waals surface area contributed by atoms with Gasteiger partial charge in [0.2, 0.25) is 0 Å². The molecule has 0 heterocycles. The van der Waals surface area contributed by atoms with Crippen LogP contribution in [0.15, 0.2) is 11.6 Å².